The maximum Gasteiger partial charge on any atom is 0.0210 e. The zero-order valence-corrected chi connectivity index (χ0v) is 10.6. The van der Waals surface area contributed by atoms with E-state index in [0.29, 0.717) is 12.0 Å². The molecule has 0 saturated carbocycles. The molecule has 0 fully saturated rings. The molecule has 0 spiro atoms. The second-order valence-electron chi connectivity index (χ2n) is 4.84. The summed E-state index contributed by atoms with van der Waals surface area (Å²) in [6.07, 6.45) is 0. The Bertz CT molecular complexity index is 315. The molecule has 0 aliphatic carbocycles. The molecular formula is C14H23N. The Hall–Kier alpha value is -0.820. The molecule has 0 radical (unpaired) electrons. The number of nitrogens with one attached hydrogen (secondary N) is 1. The van der Waals surface area contributed by atoms with E-state index in [1.165, 1.54) is 16.7 Å². The summed E-state index contributed by atoms with van der Waals surface area (Å²) < 4.78 is 0. The van der Waals surface area contributed by atoms with Crippen LogP contribution in [-0.4, -0.2) is 6.04 Å². The van der Waals surface area contributed by atoms with Crippen LogP contribution in [0, 0.1) is 19.8 Å². The van der Waals surface area contributed by atoms with Crippen molar-refractivity contribution < 1.29 is 0 Å². The van der Waals surface area contributed by atoms with Gasteiger partial charge in [0.2, 0.25) is 0 Å². The summed E-state index contributed by atoms with van der Waals surface area (Å²) in [7, 11) is 0. The van der Waals surface area contributed by atoms with Crippen molar-refractivity contribution >= 4 is 0 Å². The van der Waals surface area contributed by atoms with Crippen molar-refractivity contribution in [1.29, 1.82) is 0 Å². The van der Waals surface area contributed by atoms with Gasteiger partial charge in [-0.1, -0.05) is 37.6 Å². The van der Waals surface area contributed by atoms with Crippen molar-refractivity contribution in [3.63, 3.8) is 0 Å². The van der Waals surface area contributed by atoms with Crippen LogP contribution in [0.15, 0.2) is 18.2 Å². The highest BCUT2D eigenvalue weighted by atomic mass is 14.9. The van der Waals surface area contributed by atoms with Crippen molar-refractivity contribution in [2.75, 3.05) is 0 Å². The van der Waals surface area contributed by atoms with E-state index in [-0.39, 0.29) is 0 Å². The van der Waals surface area contributed by atoms with Gasteiger partial charge in [0.05, 0.1) is 0 Å². The van der Waals surface area contributed by atoms with E-state index in [1.54, 1.807) is 0 Å². The summed E-state index contributed by atoms with van der Waals surface area (Å²) >= 11 is 0. The second-order valence-corrected chi connectivity index (χ2v) is 4.84. The molecule has 1 heteroatoms. The Labute approximate surface area is 93.9 Å². The van der Waals surface area contributed by atoms with E-state index in [0.717, 1.165) is 6.54 Å². The van der Waals surface area contributed by atoms with Gasteiger partial charge in [0.15, 0.2) is 0 Å². The molecule has 0 unspecified atom stereocenters. The quantitative estimate of drug-likeness (QED) is 0.794. The summed E-state index contributed by atoms with van der Waals surface area (Å²) in [6, 6.07) is 7.23. The Morgan fingerprint density at radius 3 is 2.33 bits per heavy atom. The highest BCUT2D eigenvalue weighted by Gasteiger charge is 2.06. The van der Waals surface area contributed by atoms with Crippen LogP contribution in [0.4, 0.5) is 0 Å². The lowest BCUT2D eigenvalue weighted by Gasteiger charge is -2.18. The lowest BCUT2D eigenvalue weighted by atomic mass is 10.0. The summed E-state index contributed by atoms with van der Waals surface area (Å²) in [5.74, 6) is 0.691. The molecule has 1 rings (SSSR count). The van der Waals surface area contributed by atoms with Gasteiger partial charge in [-0.2, -0.15) is 0 Å². The van der Waals surface area contributed by atoms with E-state index in [1.807, 2.05) is 0 Å². The average molecular weight is 205 g/mol. The van der Waals surface area contributed by atoms with Crippen LogP contribution in [0.3, 0.4) is 0 Å². The molecule has 0 amide bonds. The topological polar surface area (TPSA) is 12.0 Å². The number of rotatable bonds is 4. The minimum atomic E-state index is 0.575. The van der Waals surface area contributed by atoms with E-state index in [2.05, 4.69) is 58.1 Å². The summed E-state index contributed by atoms with van der Waals surface area (Å²) in [4.78, 5) is 0. The van der Waals surface area contributed by atoms with Crippen LogP contribution < -0.4 is 5.32 Å². The van der Waals surface area contributed by atoms with Gasteiger partial charge in [-0.3, -0.25) is 0 Å². The fourth-order valence-corrected chi connectivity index (χ4v) is 1.55. The molecule has 0 aliphatic heterocycles. The Morgan fingerprint density at radius 1 is 1.13 bits per heavy atom. The smallest absolute Gasteiger partial charge is 0.0210 e. The zero-order valence-electron chi connectivity index (χ0n) is 10.6. The molecule has 15 heavy (non-hydrogen) atoms. The SMILES string of the molecule is Cc1ccc(CN[C@@H](C)C(C)C)c(C)c1. The molecule has 1 nitrogen and oxygen atoms in total. The highest BCUT2D eigenvalue weighted by Crippen LogP contribution is 2.11. The van der Waals surface area contributed by atoms with E-state index in [4.69, 9.17) is 0 Å². The molecule has 0 aliphatic rings. The first-order valence-electron chi connectivity index (χ1n) is 5.80. The van der Waals surface area contributed by atoms with Gasteiger partial charge in [0.25, 0.3) is 0 Å². The molecular weight excluding hydrogens is 182 g/mol. The summed E-state index contributed by atoms with van der Waals surface area (Å²) in [6.45, 7) is 12.0. The zero-order chi connectivity index (χ0) is 11.4. The van der Waals surface area contributed by atoms with Gasteiger partial charge in [0.1, 0.15) is 0 Å². The molecule has 0 saturated heterocycles. The van der Waals surface area contributed by atoms with Gasteiger partial charge >= 0.3 is 0 Å². The van der Waals surface area contributed by atoms with E-state index >= 15 is 0 Å². The van der Waals surface area contributed by atoms with Crippen molar-refractivity contribution in [3.8, 4) is 0 Å². The second kappa shape index (κ2) is 5.32. The van der Waals surface area contributed by atoms with E-state index < -0.39 is 0 Å². The molecule has 1 aromatic carbocycles. The van der Waals surface area contributed by atoms with Crippen molar-refractivity contribution in [1.82, 2.24) is 5.32 Å². The van der Waals surface area contributed by atoms with Crippen LogP contribution in [0.1, 0.15) is 37.5 Å². The van der Waals surface area contributed by atoms with Gasteiger partial charge in [-0.25, -0.2) is 0 Å². The van der Waals surface area contributed by atoms with Gasteiger partial charge in [-0.15, -0.1) is 0 Å². The highest BCUT2D eigenvalue weighted by molar-refractivity contribution is 5.30. The average Bonchev–Trinajstić information content (AvgIpc) is 2.15. The van der Waals surface area contributed by atoms with E-state index in [9.17, 15) is 0 Å². The van der Waals surface area contributed by atoms with Gasteiger partial charge in [0, 0.05) is 12.6 Å². The molecule has 84 valence electrons. The van der Waals surface area contributed by atoms with Crippen molar-refractivity contribution in [3.05, 3.63) is 34.9 Å². The predicted molar refractivity (Wildman–Crippen MR) is 67.1 cm³/mol. The lowest BCUT2D eigenvalue weighted by Crippen LogP contribution is -2.30. The maximum absolute atomic E-state index is 3.56. The standard InChI is InChI=1S/C14H23N/c1-10(2)13(5)15-9-14-7-6-11(3)8-12(14)4/h6-8,10,13,15H,9H2,1-5H3/t13-/m0/s1. The van der Waals surface area contributed by atoms with Crippen LogP contribution in [0.2, 0.25) is 0 Å². The fourth-order valence-electron chi connectivity index (χ4n) is 1.55. The van der Waals surface area contributed by atoms with Gasteiger partial charge in [-0.05, 0) is 37.8 Å². The Morgan fingerprint density at radius 2 is 1.80 bits per heavy atom. The Balaban J connectivity index is 2.58. The number of hydrogen-bond donors (Lipinski definition) is 1. The first-order chi connectivity index (χ1) is 7.00. The van der Waals surface area contributed by atoms with Crippen LogP contribution in [0.25, 0.3) is 0 Å². The summed E-state index contributed by atoms with van der Waals surface area (Å²) in [5.41, 5.74) is 4.14. The van der Waals surface area contributed by atoms with Crippen molar-refractivity contribution in [2.24, 2.45) is 5.92 Å². The normalized spacial score (nSPS) is 13.2. The lowest BCUT2D eigenvalue weighted by molar-refractivity contribution is 0.426. The van der Waals surface area contributed by atoms with Crippen LogP contribution in [0.5, 0.6) is 0 Å². The third-order valence-corrected chi connectivity index (χ3v) is 3.11. The third-order valence-electron chi connectivity index (χ3n) is 3.11. The largest absolute Gasteiger partial charge is 0.310 e. The monoisotopic (exact) mass is 205 g/mol. The molecule has 0 heterocycles. The molecule has 0 bridgehead atoms. The predicted octanol–water partition coefficient (Wildman–Crippen LogP) is 3.44. The van der Waals surface area contributed by atoms with Crippen molar-refractivity contribution in [2.45, 2.75) is 47.2 Å². The molecule has 1 N–H and O–H groups in total. The Kier molecular flexibility index (Phi) is 4.34. The number of hydrogen-bond acceptors (Lipinski definition) is 1. The maximum atomic E-state index is 3.56. The number of benzene rings is 1. The molecule has 1 aromatic rings. The van der Waals surface area contributed by atoms with Gasteiger partial charge < -0.3 is 5.32 Å². The molecule has 0 aromatic heterocycles. The number of aryl methyl sites for hydroxylation is 2. The van der Waals surface area contributed by atoms with Crippen LogP contribution >= 0.6 is 0 Å². The minimum Gasteiger partial charge on any atom is -0.310 e. The van der Waals surface area contributed by atoms with Crippen LogP contribution in [-0.2, 0) is 6.54 Å². The summed E-state index contributed by atoms with van der Waals surface area (Å²) in [5, 5.41) is 3.56. The first kappa shape index (κ1) is 12.3. The molecule has 1 atom stereocenters. The third kappa shape index (κ3) is 3.67. The first-order valence-corrected chi connectivity index (χ1v) is 5.80. The fraction of sp³-hybridized carbons (Fsp3) is 0.571. The minimum absolute atomic E-state index is 0.575.